The molecule has 1 atom stereocenters. The van der Waals surface area contributed by atoms with Crippen molar-refractivity contribution in [2.75, 3.05) is 29.0 Å². The first-order valence-electron chi connectivity index (χ1n) is 14.5. The molecule has 0 aliphatic carbocycles. The van der Waals surface area contributed by atoms with Crippen LogP contribution in [0.2, 0.25) is 5.02 Å². The molecule has 1 aromatic heterocycles. The number of nitrogens with one attached hydrogen (secondary N) is 3. The van der Waals surface area contributed by atoms with E-state index in [4.69, 9.17) is 16.4 Å². The summed E-state index contributed by atoms with van der Waals surface area (Å²) in [6.07, 6.45) is -1.11. The van der Waals surface area contributed by atoms with E-state index in [-0.39, 0.29) is 17.7 Å². The maximum absolute atomic E-state index is 13.5. The van der Waals surface area contributed by atoms with Crippen LogP contribution >= 0.6 is 11.6 Å². The number of carbonyl (C=O) groups is 3. The molecule has 3 heterocycles. The lowest BCUT2D eigenvalue weighted by atomic mass is 9.95. The van der Waals surface area contributed by atoms with Crippen molar-refractivity contribution in [1.82, 2.24) is 14.9 Å². The van der Waals surface area contributed by atoms with Crippen molar-refractivity contribution in [3.63, 3.8) is 0 Å². The van der Waals surface area contributed by atoms with Gasteiger partial charge in [0.05, 0.1) is 12.1 Å². The summed E-state index contributed by atoms with van der Waals surface area (Å²) >= 11 is 6.39. The fourth-order valence-electron chi connectivity index (χ4n) is 5.24. The van der Waals surface area contributed by atoms with E-state index in [1.807, 2.05) is 60.7 Å². The summed E-state index contributed by atoms with van der Waals surface area (Å²) in [5, 5.41) is 10.1. The van der Waals surface area contributed by atoms with Crippen molar-refractivity contribution in [2.45, 2.75) is 31.9 Å². The molecule has 46 heavy (non-hydrogen) atoms. The van der Waals surface area contributed by atoms with Gasteiger partial charge in [-0.3, -0.25) is 14.4 Å². The first-order chi connectivity index (χ1) is 22.1. The lowest BCUT2D eigenvalue weighted by molar-refractivity contribution is -0.156. The highest BCUT2D eigenvalue weighted by Crippen LogP contribution is 2.30. The maximum atomic E-state index is 13.5. The molecular formula is C33H30ClF3N6O3. The molecule has 13 heteroatoms. The summed E-state index contributed by atoms with van der Waals surface area (Å²) in [5.41, 5.74) is 5.25. The number of carbonyl (C=O) groups excluding carboxylic acids is 3. The molecule has 0 saturated carbocycles. The van der Waals surface area contributed by atoms with E-state index in [1.165, 1.54) is 0 Å². The summed E-state index contributed by atoms with van der Waals surface area (Å²) in [6, 6.07) is 23.2. The van der Waals surface area contributed by atoms with Gasteiger partial charge >= 0.3 is 6.18 Å². The zero-order valence-electron chi connectivity index (χ0n) is 24.5. The molecule has 6 rings (SSSR count). The molecule has 3 aromatic carbocycles. The Morgan fingerprint density at radius 1 is 0.978 bits per heavy atom. The van der Waals surface area contributed by atoms with Gasteiger partial charge in [0, 0.05) is 35.7 Å². The summed E-state index contributed by atoms with van der Waals surface area (Å²) in [6.45, 7) is 1.06. The third kappa shape index (κ3) is 8.60. The number of aromatic nitrogens is 2. The number of hydrogen-bond donors (Lipinski definition) is 3. The molecule has 2 amide bonds. The van der Waals surface area contributed by atoms with Crippen LogP contribution in [0.15, 0.2) is 79.0 Å². The molecule has 1 saturated heterocycles. The van der Waals surface area contributed by atoms with Crippen LogP contribution < -0.4 is 16.0 Å². The predicted octanol–water partition coefficient (Wildman–Crippen LogP) is 6.95. The molecule has 3 N–H and O–H groups in total. The van der Waals surface area contributed by atoms with Gasteiger partial charge < -0.3 is 20.9 Å². The molecule has 9 nitrogen and oxygen atoms in total. The van der Waals surface area contributed by atoms with E-state index in [0.717, 1.165) is 53.9 Å². The minimum Gasteiger partial charge on any atom is -0.339 e. The smallest absolute Gasteiger partial charge is 0.339 e. The molecule has 238 valence electrons. The monoisotopic (exact) mass is 650 g/mol. The largest absolute Gasteiger partial charge is 0.446 e. The Hall–Kier alpha value is -4.97. The number of hydrogen-bond acceptors (Lipinski definition) is 7. The molecule has 1 unspecified atom stereocenters. The second kappa shape index (κ2) is 14.4. The predicted molar refractivity (Wildman–Crippen MR) is 170 cm³/mol. The number of likely N-dealkylation sites (tertiary alicyclic amines) is 1. The number of fused-ring (bicyclic) bond motifs is 6. The van der Waals surface area contributed by atoms with Crippen LogP contribution in [-0.2, 0) is 22.4 Å². The van der Waals surface area contributed by atoms with Gasteiger partial charge in [-0.25, -0.2) is 4.98 Å². The quantitative estimate of drug-likeness (QED) is 0.205. The fraction of sp³-hybridized carbons (Fsp3) is 0.242. The highest BCUT2D eigenvalue weighted by atomic mass is 35.5. The minimum atomic E-state index is -4.64. The Bertz CT molecular complexity index is 1720. The number of rotatable bonds is 3. The van der Waals surface area contributed by atoms with Crippen molar-refractivity contribution in [2.24, 2.45) is 5.92 Å². The van der Waals surface area contributed by atoms with Crippen molar-refractivity contribution in [1.29, 1.82) is 0 Å². The number of halogens is 4. The minimum absolute atomic E-state index is 0.0326. The van der Waals surface area contributed by atoms with Crippen molar-refractivity contribution in [3.8, 4) is 0 Å². The van der Waals surface area contributed by atoms with Gasteiger partial charge in [0.1, 0.15) is 5.02 Å². The van der Waals surface area contributed by atoms with E-state index >= 15 is 0 Å². The topological polar surface area (TPSA) is 116 Å². The Morgan fingerprint density at radius 3 is 2.50 bits per heavy atom. The van der Waals surface area contributed by atoms with Crippen molar-refractivity contribution < 1.29 is 27.6 Å². The van der Waals surface area contributed by atoms with Crippen molar-refractivity contribution >= 4 is 58.5 Å². The number of aldehydes is 1. The standard InChI is InChI=1S/C31H29ClN6O2.C2HF3O/c32-26-18-33-31-35-24-10-4-6-20(16-24)11-12-22-17-25(34-28(26)37-31)13-14-27(22)36-29(39)23-9-5-15-38(19-23)30(40)21-7-2-1-3-8-21;3-2(4,5)1-6/h1-4,6-8,10,13-14,16-18,23H,5,9,11-12,15,19H2,(H,36,39)(H2,33,34,35,37);1H. The van der Waals surface area contributed by atoms with Gasteiger partial charge in [0.15, 0.2) is 5.82 Å². The summed E-state index contributed by atoms with van der Waals surface area (Å²) in [7, 11) is 0. The second-order valence-electron chi connectivity index (χ2n) is 10.8. The van der Waals surface area contributed by atoms with E-state index in [1.54, 1.807) is 11.1 Å². The number of nitrogens with zero attached hydrogens (tertiary/aromatic N) is 3. The van der Waals surface area contributed by atoms with Gasteiger partial charge in [0.25, 0.3) is 5.91 Å². The number of alkyl halides is 3. The van der Waals surface area contributed by atoms with Gasteiger partial charge in [-0.05, 0) is 79.3 Å². The fourth-order valence-corrected chi connectivity index (χ4v) is 5.38. The van der Waals surface area contributed by atoms with Crippen LogP contribution in [0.5, 0.6) is 0 Å². The molecule has 0 radical (unpaired) electrons. The van der Waals surface area contributed by atoms with E-state index in [9.17, 15) is 22.8 Å². The first-order valence-corrected chi connectivity index (χ1v) is 14.9. The molecule has 2 aliphatic rings. The summed E-state index contributed by atoms with van der Waals surface area (Å²) < 4.78 is 31.2. The van der Waals surface area contributed by atoms with Crippen LogP contribution in [0.25, 0.3) is 0 Å². The first kappa shape index (κ1) is 32.4. The average molecular weight is 651 g/mol. The third-order valence-corrected chi connectivity index (χ3v) is 7.75. The Balaban J connectivity index is 0.000000635. The van der Waals surface area contributed by atoms with Gasteiger partial charge in [-0.1, -0.05) is 41.9 Å². The Kier molecular flexibility index (Phi) is 10.2. The van der Waals surface area contributed by atoms with Crippen LogP contribution in [0, 0.1) is 5.92 Å². The average Bonchev–Trinajstić information content (AvgIpc) is 3.06. The normalized spacial score (nSPS) is 15.7. The molecule has 1 fully saturated rings. The molecule has 2 aliphatic heterocycles. The summed E-state index contributed by atoms with van der Waals surface area (Å²) in [4.78, 5) is 45.8. The van der Waals surface area contributed by atoms with Crippen LogP contribution in [0.1, 0.15) is 34.3 Å². The van der Waals surface area contributed by atoms with Gasteiger partial charge in [0.2, 0.25) is 18.1 Å². The van der Waals surface area contributed by atoms with Crippen LogP contribution in [0.4, 0.5) is 42.0 Å². The third-order valence-electron chi connectivity index (χ3n) is 7.47. The molecule has 6 bridgehead atoms. The number of anilines is 5. The van der Waals surface area contributed by atoms with E-state index in [0.29, 0.717) is 35.4 Å². The van der Waals surface area contributed by atoms with E-state index < -0.39 is 12.5 Å². The number of aryl methyl sites for hydroxylation is 2. The zero-order chi connectivity index (χ0) is 32.7. The highest BCUT2D eigenvalue weighted by Gasteiger charge is 2.29. The maximum Gasteiger partial charge on any atom is 0.446 e. The highest BCUT2D eigenvalue weighted by molar-refractivity contribution is 6.32. The lowest BCUT2D eigenvalue weighted by Gasteiger charge is -2.32. The zero-order valence-corrected chi connectivity index (χ0v) is 25.2. The van der Waals surface area contributed by atoms with Crippen molar-refractivity contribution in [3.05, 3.63) is 101 Å². The number of benzene rings is 3. The Morgan fingerprint density at radius 2 is 1.74 bits per heavy atom. The Labute approximate surface area is 268 Å². The van der Waals surface area contributed by atoms with Gasteiger partial charge in [-0.15, -0.1) is 0 Å². The number of piperidine rings is 1. The molecule has 4 aromatic rings. The SMILES string of the molecule is O=C(Nc1ccc2cc1CCc1cccc(c1)Nc1ncc(Cl)c(n1)N2)C1CCCN(C(=O)c2ccccc2)C1.O=CC(F)(F)F. The second-order valence-corrected chi connectivity index (χ2v) is 11.2. The van der Waals surface area contributed by atoms with E-state index in [2.05, 4.69) is 38.1 Å². The number of amides is 2. The molecular weight excluding hydrogens is 621 g/mol. The summed E-state index contributed by atoms with van der Waals surface area (Å²) in [5.74, 6) is 0.555. The lowest BCUT2D eigenvalue weighted by Crippen LogP contribution is -2.43. The van der Waals surface area contributed by atoms with Crippen LogP contribution in [-0.4, -0.2) is 52.2 Å². The molecule has 0 spiro atoms. The van der Waals surface area contributed by atoms with Gasteiger partial charge in [-0.2, -0.15) is 18.2 Å². The van der Waals surface area contributed by atoms with Crippen LogP contribution in [0.3, 0.4) is 0 Å².